The van der Waals surface area contributed by atoms with E-state index in [0.29, 0.717) is 0 Å². The fraction of sp³-hybridized carbons (Fsp3) is 0.0545. The van der Waals surface area contributed by atoms with Crippen molar-refractivity contribution in [3.05, 3.63) is 211 Å². The largest absolute Gasteiger partial charge is 0.310 e. The lowest BCUT2D eigenvalue weighted by Gasteiger charge is -2.28. The third-order valence-corrected chi connectivity index (χ3v) is 12.6. The number of nitrogens with zero attached hydrogens (tertiary/aromatic N) is 3. The molecule has 0 spiro atoms. The predicted molar refractivity (Wildman–Crippen MR) is 244 cm³/mol. The highest BCUT2D eigenvalue weighted by Gasteiger charge is 2.36. The van der Waals surface area contributed by atoms with Gasteiger partial charge in [-0.2, -0.15) is 0 Å². The van der Waals surface area contributed by atoms with E-state index in [0.717, 1.165) is 39.8 Å². The van der Waals surface area contributed by atoms with E-state index in [4.69, 9.17) is 0 Å². The van der Waals surface area contributed by atoms with Crippen LogP contribution in [0.4, 0.5) is 34.1 Å². The van der Waals surface area contributed by atoms with Gasteiger partial charge in [-0.05, 0) is 135 Å². The van der Waals surface area contributed by atoms with Crippen LogP contribution in [0.2, 0.25) is 0 Å². The van der Waals surface area contributed by atoms with Crippen LogP contribution in [0.15, 0.2) is 200 Å². The summed E-state index contributed by atoms with van der Waals surface area (Å²) in [6.45, 7) is 4.73. The first kappa shape index (κ1) is 32.8. The molecular weight excluding hydrogens is 703 g/mol. The maximum Gasteiger partial charge on any atom is 0.0561 e. The van der Waals surface area contributed by atoms with E-state index in [1.165, 1.54) is 66.0 Å². The van der Waals surface area contributed by atoms with E-state index in [2.05, 4.69) is 228 Å². The van der Waals surface area contributed by atoms with Crippen LogP contribution in [-0.4, -0.2) is 4.57 Å². The summed E-state index contributed by atoms with van der Waals surface area (Å²) < 4.78 is 2.44. The molecule has 0 saturated carbocycles. The highest BCUT2D eigenvalue weighted by Crippen LogP contribution is 2.53. The van der Waals surface area contributed by atoms with Gasteiger partial charge in [-0.1, -0.05) is 123 Å². The van der Waals surface area contributed by atoms with Gasteiger partial charge in [0.2, 0.25) is 0 Å². The first-order valence-corrected chi connectivity index (χ1v) is 20.2. The fourth-order valence-corrected chi connectivity index (χ4v) is 9.84. The van der Waals surface area contributed by atoms with Crippen LogP contribution in [0.1, 0.15) is 25.0 Å². The Morgan fingerprint density at radius 1 is 0.328 bits per heavy atom. The Morgan fingerprint density at radius 3 is 1.55 bits per heavy atom. The van der Waals surface area contributed by atoms with E-state index in [9.17, 15) is 0 Å². The van der Waals surface area contributed by atoms with Gasteiger partial charge in [-0.3, -0.25) is 0 Å². The van der Waals surface area contributed by atoms with E-state index < -0.39 is 0 Å². The van der Waals surface area contributed by atoms with E-state index in [-0.39, 0.29) is 5.41 Å². The quantitative estimate of drug-likeness (QED) is 0.179. The molecule has 1 aliphatic carbocycles. The summed E-state index contributed by atoms with van der Waals surface area (Å²) in [7, 11) is 0. The lowest BCUT2D eigenvalue weighted by molar-refractivity contribution is 0.660. The second-order valence-corrected chi connectivity index (χ2v) is 16.3. The van der Waals surface area contributed by atoms with Gasteiger partial charge in [-0.15, -0.1) is 0 Å². The van der Waals surface area contributed by atoms with Crippen molar-refractivity contribution in [2.45, 2.75) is 19.3 Å². The minimum Gasteiger partial charge on any atom is -0.310 e. The SMILES string of the molecule is CC1(C)c2ccc3cc2-c2cc(ccc21)N(c1ccc2c4ccccc4n(-c4ccc5ccccc5c4)c2c1)c1cccc(c1)-c1cccc(c1)N3c1ccccc1. The molecule has 0 N–H and O–H groups in total. The standard InChI is InChI=1S/C55H39N3/c1-55(2)51-28-25-44-33-49(51)50-34-45(26-29-52(50)55)57(42-19-11-15-39(32-42)38-14-10-18-41(31-38)56(44)40-16-4-3-5-17-40)46-24-27-48-47-20-8-9-21-53(47)58(54(48)35-46)43-23-22-36-12-6-7-13-37(36)30-43/h3-35H,1-2H3. The molecule has 12 rings (SSSR count). The van der Waals surface area contributed by atoms with Crippen LogP contribution in [0.25, 0.3) is 60.5 Å². The van der Waals surface area contributed by atoms with Crippen LogP contribution in [-0.2, 0) is 5.41 Å². The van der Waals surface area contributed by atoms with Gasteiger partial charge in [0.25, 0.3) is 0 Å². The van der Waals surface area contributed by atoms with Crippen molar-refractivity contribution in [2.24, 2.45) is 0 Å². The van der Waals surface area contributed by atoms with Crippen LogP contribution < -0.4 is 9.80 Å². The van der Waals surface area contributed by atoms with Crippen molar-refractivity contribution < 1.29 is 0 Å². The molecule has 3 nitrogen and oxygen atoms in total. The van der Waals surface area contributed by atoms with Gasteiger partial charge in [-0.25, -0.2) is 0 Å². The highest BCUT2D eigenvalue weighted by atomic mass is 15.2. The van der Waals surface area contributed by atoms with Crippen LogP contribution in [0.3, 0.4) is 0 Å². The number of para-hydroxylation sites is 2. The molecule has 0 fully saturated rings. The van der Waals surface area contributed by atoms with Crippen LogP contribution >= 0.6 is 0 Å². The van der Waals surface area contributed by atoms with Crippen molar-refractivity contribution in [3.63, 3.8) is 0 Å². The predicted octanol–water partition coefficient (Wildman–Crippen LogP) is 15.2. The van der Waals surface area contributed by atoms with Crippen molar-refractivity contribution in [2.75, 3.05) is 9.80 Å². The maximum atomic E-state index is 2.45. The zero-order valence-electron chi connectivity index (χ0n) is 32.4. The van der Waals surface area contributed by atoms with Crippen molar-refractivity contribution >= 4 is 66.7 Å². The monoisotopic (exact) mass is 741 g/mol. The molecule has 2 aliphatic rings. The Kier molecular flexibility index (Phi) is 6.98. The Morgan fingerprint density at radius 2 is 0.845 bits per heavy atom. The molecule has 3 heteroatoms. The lowest BCUT2D eigenvalue weighted by Crippen LogP contribution is -2.16. The Hall–Kier alpha value is -7.36. The second kappa shape index (κ2) is 12.3. The minimum atomic E-state index is -0.141. The molecule has 0 unspecified atom stereocenters. The van der Waals surface area contributed by atoms with Crippen molar-refractivity contribution in [1.29, 1.82) is 0 Å². The van der Waals surface area contributed by atoms with Crippen molar-refractivity contribution in [3.8, 4) is 27.9 Å². The molecule has 0 radical (unpaired) electrons. The molecule has 58 heavy (non-hydrogen) atoms. The number of hydrogen-bond donors (Lipinski definition) is 0. The molecule has 10 aromatic rings. The van der Waals surface area contributed by atoms with Gasteiger partial charge in [0.1, 0.15) is 0 Å². The number of rotatable bonds is 3. The Balaban J connectivity index is 1.13. The number of hydrogen-bond acceptors (Lipinski definition) is 2. The minimum absolute atomic E-state index is 0.141. The molecule has 9 aromatic carbocycles. The molecule has 0 saturated heterocycles. The second-order valence-electron chi connectivity index (χ2n) is 16.3. The number of fused-ring (bicyclic) bond motifs is 11. The first-order valence-electron chi connectivity index (χ1n) is 20.2. The zero-order valence-corrected chi connectivity index (χ0v) is 32.4. The molecule has 0 atom stereocenters. The number of aromatic nitrogens is 1. The van der Waals surface area contributed by atoms with Gasteiger partial charge in [0, 0.05) is 56.0 Å². The fourth-order valence-electron chi connectivity index (χ4n) is 9.84. The molecule has 0 amide bonds. The van der Waals surface area contributed by atoms with Gasteiger partial charge in [0.05, 0.1) is 11.0 Å². The molecule has 2 heterocycles. The Labute approximate surface area is 338 Å². The summed E-state index contributed by atoms with van der Waals surface area (Å²) in [6, 6.07) is 74.2. The first-order chi connectivity index (χ1) is 28.5. The molecule has 1 aromatic heterocycles. The number of anilines is 6. The Bertz CT molecular complexity index is 3280. The van der Waals surface area contributed by atoms with E-state index in [1.54, 1.807) is 0 Å². The summed E-state index contributed by atoms with van der Waals surface area (Å²) >= 11 is 0. The smallest absolute Gasteiger partial charge is 0.0561 e. The topological polar surface area (TPSA) is 11.4 Å². The van der Waals surface area contributed by atoms with Crippen LogP contribution in [0, 0.1) is 0 Å². The number of benzene rings is 9. The van der Waals surface area contributed by atoms with Crippen molar-refractivity contribution in [1.82, 2.24) is 4.57 Å². The zero-order chi connectivity index (χ0) is 38.5. The third-order valence-electron chi connectivity index (χ3n) is 12.6. The molecular formula is C55H39N3. The highest BCUT2D eigenvalue weighted by molar-refractivity contribution is 6.10. The summed E-state index contributed by atoms with van der Waals surface area (Å²) in [4.78, 5) is 4.84. The molecule has 274 valence electrons. The molecule has 8 bridgehead atoms. The lowest BCUT2D eigenvalue weighted by atomic mass is 9.82. The summed E-state index contributed by atoms with van der Waals surface area (Å²) in [5.74, 6) is 0. The van der Waals surface area contributed by atoms with E-state index in [1.807, 2.05) is 0 Å². The summed E-state index contributed by atoms with van der Waals surface area (Å²) in [5, 5.41) is 4.96. The summed E-state index contributed by atoms with van der Waals surface area (Å²) in [6.07, 6.45) is 0. The van der Waals surface area contributed by atoms with E-state index >= 15 is 0 Å². The van der Waals surface area contributed by atoms with Gasteiger partial charge in [0.15, 0.2) is 0 Å². The third kappa shape index (κ3) is 4.86. The maximum absolute atomic E-state index is 2.45. The van der Waals surface area contributed by atoms with Gasteiger partial charge >= 0.3 is 0 Å². The summed E-state index contributed by atoms with van der Waals surface area (Å²) in [5.41, 5.74) is 17.7. The van der Waals surface area contributed by atoms with Gasteiger partial charge < -0.3 is 14.4 Å². The normalized spacial score (nSPS) is 13.8. The molecule has 1 aliphatic heterocycles. The van der Waals surface area contributed by atoms with Crippen LogP contribution in [0.5, 0.6) is 0 Å². The average molecular weight is 742 g/mol. The average Bonchev–Trinajstić information content (AvgIpc) is 3.71.